The van der Waals surface area contributed by atoms with E-state index >= 15 is 0 Å². The van der Waals surface area contributed by atoms with Crippen LogP contribution in [0.5, 0.6) is 0 Å². The number of hydrogen-bond acceptors (Lipinski definition) is 8. The van der Waals surface area contributed by atoms with Gasteiger partial charge in [0.1, 0.15) is 24.0 Å². The standard InChI is InChI=1S/C26H30N8O2/c35-18-20-6-5-19(36-20)16-34-24-4-2-1-3-22(24)29-25(34)17-33-13-11-32(12-14-33)10-9-28-26-30-21-7-8-27-15-23(21)31-26/h1-8,15,35H,9-14,16-18H2,(H2,28,30,31). The molecule has 0 unspecified atom stereocenters. The van der Waals surface area contributed by atoms with Crippen LogP contribution in [0.15, 0.2) is 59.3 Å². The number of hydrogen-bond donors (Lipinski definition) is 3. The lowest BCUT2D eigenvalue weighted by molar-refractivity contribution is 0.127. The average molecular weight is 487 g/mol. The third-order valence-corrected chi connectivity index (χ3v) is 6.75. The van der Waals surface area contributed by atoms with Crippen molar-refractivity contribution >= 4 is 28.0 Å². The molecule has 186 valence electrons. The van der Waals surface area contributed by atoms with E-state index in [4.69, 9.17) is 9.40 Å². The van der Waals surface area contributed by atoms with E-state index in [0.29, 0.717) is 12.3 Å². The van der Waals surface area contributed by atoms with Gasteiger partial charge in [0.2, 0.25) is 5.95 Å². The van der Waals surface area contributed by atoms with Gasteiger partial charge in [0.05, 0.1) is 41.4 Å². The van der Waals surface area contributed by atoms with Crippen LogP contribution in [-0.2, 0) is 19.7 Å². The van der Waals surface area contributed by atoms with Gasteiger partial charge in [-0.05, 0) is 30.3 Å². The van der Waals surface area contributed by atoms with Crippen LogP contribution < -0.4 is 5.32 Å². The van der Waals surface area contributed by atoms with E-state index in [1.54, 1.807) is 12.4 Å². The predicted molar refractivity (Wildman–Crippen MR) is 138 cm³/mol. The molecule has 1 aliphatic heterocycles. The molecule has 1 saturated heterocycles. The molecule has 6 rings (SSSR count). The third kappa shape index (κ3) is 4.83. The highest BCUT2D eigenvalue weighted by atomic mass is 16.4. The Morgan fingerprint density at radius 2 is 1.75 bits per heavy atom. The normalized spacial score (nSPS) is 15.2. The first-order valence-corrected chi connectivity index (χ1v) is 12.4. The highest BCUT2D eigenvalue weighted by Gasteiger charge is 2.20. The van der Waals surface area contributed by atoms with Crippen molar-refractivity contribution in [3.8, 4) is 0 Å². The second-order valence-corrected chi connectivity index (χ2v) is 9.15. The number of fused-ring (bicyclic) bond motifs is 2. The van der Waals surface area contributed by atoms with Gasteiger partial charge < -0.3 is 24.4 Å². The fraction of sp³-hybridized carbons (Fsp3) is 0.346. The monoisotopic (exact) mass is 486 g/mol. The molecule has 0 radical (unpaired) electrons. The van der Waals surface area contributed by atoms with Crippen molar-refractivity contribution in [2.45, 2.75) is 19.7 Å². The fourth-order valence-electron chi connectivity index (χ4n) is 4.81. The molecule has 0 atom stereocenters. The summed E-state index contributed by atoms with van der Waals surface area (Å²) in [6.45, 7) is 7.13. The molecule has 1 fully saturated rings. The average Bonchev–Trinajstić information content (AvgIpc) is 3.62. The van der Waals surface area contributed by atoms with E-state index in [9.17, 15) is 5.11 Å². The number of benzene rings is 1. The molecule has 5 aromatic rings. The van der Waals surface area contributed by atoms with E-state index < -0.39 is 0 Å². The highest BCUT2D eigenvalue weighted by molar-refractivity contribution is 5.76. The second-order valence-electron chi connectivity index (χ2n) is 9.15. The number of H-pyrrole nitrogens is 1. The first-order chi connectivity index (χ1) is 17.7. The summed E-state index contributed by atoms with van der Waals surface area (Å²) in [4.78, 5) is 21.8. The van der Waals surface area contributed by atoms with Crippen LogP contribution in [0.1, 0.15) is 17.3 Å². The Morgan fingerprint density at radius 3 is 2.58 bits per heavy atom. The van der Waals surface area contributed by atoms with Crippen molar-refractivity contribution in [3.05, 3.63) is 72.2 Å². The number of para-hydroxylation sites is 2. The van der Waals surface area contributed by atoms with Crippen molar-refractivity contribution in [1.29, 1.82) is 0 Å². The zero-order chi connectivity index (χ0) is 24.3. The summed E-state index contributed by atoms with van der Waals surface area (Å²) < 4.78 is 8.00. The maximum Gasteiger partial charge on any atom is 0.201 e. The summed E-state index contributed by atoms with van der Waals surface area (Å²) >= 11 is 0. The molecular weight excluding hydrogens is 456 g/mol. The van der Waals surface area contributed by atoms with Gasteiger partial charge >= 0.3 is 0 Å². The molecular formula is C26H30N8O2. The Balaban J connectivity index is 1.05. The molecule has 1 aromatic carbocycles. The summed E-state index contributed by atoms with van der Waals surface area (Å²) in [6, 6.07) is 13.9. The number of aromatic amines is 1. The maximum absolute atomic E-state index is 9.35. The number of imidazole rings is 2. The van der Waals surface area contributed by atoms with Crippen LogP contribution in [0.3, 0.4) is 0 Å². The first-order valence-electron chi connectivity index (χ1n) is 12.4. The molecule has 3 N–H and O–H groups in total. The zero-order valence-corrected chi connectivity index (χ0v) is 20.1. The molecule has 0 bridgehead atoms. The molecule has 10 nitrogen and oxygen atoms in total. The first kappa shape index (κ1) is 22.7. The number of nitrogens with zero attached hydrogens (tertiary/aromatic N) is 6. The van der Waals surface area contributed by atoms with Gasteiger partial charge in [-0.3, -0.25) is 14.8 Å². The molecule has 5 heterocycles. The number of anilines is 1. The largest absolute Gasteiger partial charge is 0.462 e. The van der Waals surface area contributed by atoms with Gasteiger partial charge in [0.25, 0.3) is 0 Å². The smallest absolute Gasteiger partial charge is 0.201 e. The van der Waals surface area contributed by atoms with Gasteiger partial charge in [0, 0.05) is 45.5 Å². The minimum atomic E-state index is -0.0902. The SMILES string of the molecule is OCc1ccc(Cn2c(CN3CCN(CCNc4nc5ccncc5[nH]4)CC3)nc3ccccc32)o1. The Bertz CT molecular complexity index is 1410. The van der Waals surface area contributed by atoms with Crippen molar-refractivity contribution in [2.24, 2.45) is 0 Å². The number of rotatable bonds is 9. The Hall–Kier alpha value is -3.73. The number of aromatic nitrogens is 5. The van der Waals surface area contributed by atoms with Gasteiger partial charge in [-0.25, -0.2) is 9.97 Å². The minimum Gasteiger partial charge on any atom is -0.462 e. The Kier molecular flexibility index (Phi) is 6.37. The second kappa shape index (κ2) is 10.1. The molecule has 0 spiro atoms. The molecule has 1 aliphatic rings. The number of pyridine rings is 1. The Morgan fingerprint density at radius 1 is 0.917 bits per heavy atom. The van der Waals surface area contributed by atoms with Crippen molar-refractivity contribution in [1.82, 2.24) is 34.3 Å². The van der Waals surface area contributed by atoms with Gasteiger partial charge in [-0.1, -0.05) is 12.1 Å². The number of piperazine rings is 1. The van der Waals surface area contributed by atoms with Crippen molar-refractivity contribution in [2.75, 3.05) is 44.6 Å². The quantitative estimate of drug-likeness (QED) is 0.292. The van der Waals surface area contributed by atoms with E-state index in [2.05, 4.69) is 46.8 Å². The lowest BCUT2D eigenvalue weighted by Gasteiger charge is -2.34. The van der Waals surface area contributed by atoms with Crippen LogP contribution in [0, 0.1) is 0 Å². The molecule has 4 aromatic heterocycles. The maximum atomic E-state index is 9.35. The molecule has 10 heteroatoms. The van der Waals surface area contributed by atoms with E-state index in [0.717, 1.165) is 85.4 Å². The van der Waals surface area contributed by atoms with Gasteiger partial charge in [-0.2, -0.15) is 0 Å². The number of nitrogens with one attached hydrogen (secondary N) is 2. The molecule has 0 aliphatic carbocycles. The van der Waals surface area contributed by atoms with Crippen LogP contribution in [0.2, 0.25) is 0 Å². The number of aliphatic hydroxyl groups is 1. The van der Waals surface area contributed by atoms with E-state index in [-0.39, 0.29) is 6.61 Å². The summed E-state index contributed by atoms with van der Waals surface area (Å²) in [6.07, 6.45) is 3.55. The highest BCUT2D eigenvalue weighted by Crippen LogP contribution is 2.21. The number of furan rings is 1. The zero-order valence-electron chi connectivity index (χ0n) is 20.1. The van der Waals surface area contributed by atoms with E-state index in [1.165, 1.54) is 0 Å². The summed E-state index contributed by atoms with van der Waals surface area (Å²) in [7, 11) is 0. The number of aliphatic hydroxyl groups excluding tert-OH is 1. The third-order valence-electron chi connectivity index (χ3n) is 6.75. The molecule has 0 amide bonds. The molecule has 36 heavy (non-hydrogen) atoms. The predicted octanol–water partition coefficient (Wildman–Crippen LogP) is 2.67. The lowest BCUT2D eigenvalue weighted by atomic mass is 10.3. The summed E-state index contributed by atoms with van der Waals surface area (Å²) in [5, 5.41) is 12.7. The minimum absolute atomic E-state index is 0.0902. The van der Waals surface area contributed by atoms with Crippen molar-refractivity contribution in [3.63, 3.8) is 0 Å². The molecule has 0 saturated carbocycles. The Labute approximate surface area is 208 Å². The van der Waals surface area contributed by atoms with Crippen LogP contribution in [0.4, 0.5) is 5.95 Å². The van der Waals surface area contributed by atoms with Gasteiger partial charge in [-0.15, -0.1) is 0 Å². The van der Waals surface area contributed by atoms with Crippen LogP contribution in [-0.4, -0.2) is 78.7 Å². The van der Waals surface area contributed by atoms with Crippen LogP contribution >= 0.6 is 0 Å². The lowest BCUT2D eigenvalue weighted by Crippen LogP contribution is -2.47. The summed E-state index contributed by atoms with van der Waals surface area (Å²) in [5.74, 6) is 3.23. The van der Waals surface area contributed by atoms with Crippen LogP contribution in [0.25, 0.3) is 22.1 Å². The summed E-state index contributed by atoms with van der Waals surface area (Å²) in [5.41, 5.74) is 3.96. The van der Waals surface area contributed by atoms with Gasteiger partial charge in [0.15, 0.2) is 0 Å². The van der Waals surface area contributed by atoms with E-state index in [1.807, 2.05) is 30.3 Å². The van der Waals surface area contributed by atoms with Crippen molar-refractivity contribution < 1.29 is 9.52 Å². The topological polar surface area (TPSA) is 111 Å². The fourth-order valence-corrected chi connectivity index (χ4v) is 4.81.